The van der Waals surface area contributed by atoms with E-state index in [-0.39, 0.29) is 165 Å². The molecule has 0 aromatic heterocycles. The molecule has 0 fully saturated rings. The molecule has 2 aromatic carbocycles. The van der Waals surface area contributed by atoms with Gasteiger partial charge in [-0.25, -0.2) is 9.59 Å². The van der Waals surface area contributed by atoms with E-state index >= 15 is 0 Å². The van der Waals surface area contributed by atoms with E-state index in [9.17, 15) is 29.4 Å². The van der Waals surface area contributed by atoms with Crippen LogP contribution in [0.15, 0.2) is 48.5 Å². The van der Waals surface area contributed by atoms with E-state index in [0.717, 1.165) is 0 Å². The van der Waals surface area contributed by atoms with Gasteiger partial charge in [-0.05, 0) is 12.1 Å². The largest absolute Gasteiger partial charge is 1.00 e. The van der Waals surface area contributed by atoms with Crippen LogP contribution in [0.25, 0.3) is 0 Å². The van der Waals surface area contributed by atoms with Crippen molar-refractivity contribution < 1.29 is 161 Å². The van der Waals surface area contributed by atoms with Crippen LogP contribution in [-0.2, 0) is 28.4 Å². The van der Waals surface area contributed by atoms with Gasteiger partial charge in [-0.3, -0.25) is 0 Å². The molecular weight excluding hydrogens is 582 g/mol. The Morgan fingerprint density at radius 1 is 0.450 bits per heavy atom. The van der Waals surface area contributed by atoms with Gasteiger partial charge in [0.2, 0.25) is 0 Å². The van der Waals surface area contributed by atoms with E-state index in [2.05, 4.69) is 0 Å². The molecule has 2 rings (SSSR count). The first-order valence-electron chi connectivity index (χ1n) is 11.7. The van der Waals surface area contributed by atoms with Gasteiger partial charge in [0.05, 0.1) is 75.9 Å². The number of carboxylic acids is 2. The standard InChI is InChI=1S/C26H30O12.2K/c27-23(28)19-5-1-3-7-21(19)25(31)37-17-15-35-13-11-33-9-10-34-12-14-36-16-18-38-26(32)22-8-4-2-6-20(22)24(29)30;;/h1-8H,9-18H2,(H,27,28)(H,29,30);;/q;2*+1/p-2. The van der Waals surface area contributed by atoms with Crippen LogP contribution in [0.4, 0.5) is 0 Å². The minimum atomic E-state index is -1.46. The zero-order valence-electron chi connectivity index (χ0n) is 22.6. The van der Waals surface area contributed by atoms with Crippen LogP contribution in [-0.4, -0.2) is 89.9 Å². The van der Waals surface area contributed by atoms with Gasteiger partial charge in [0, 0.05) is 11.1 Å². The molecule has 0 unspecified atom stereocenters. The number of carbonyl (C=O) groups is 4. The number of hydrogen-bond acceptors (Lipinski definition) is 12. The predicted octanol–water partition coefficient (Wildman–Crippen LogP) is -6.50. The van der Waals surface area contributed by atoms with Crippen molar-refractivity contribution in [2.24, 2.45) is 0 Å². The Bertz CT molecular complexity index is 980. The van der Waals surface area contributed by atoms with Gasteiger partial charge in [0.25, 0.3) is 0 Å². The fraction of sp³-hybridized carbons (Fsp3) is 0.385. The SMILES string of the molecule is O=C([O-])c1ccccc1C(=O)OCCOCCOCCOCCOCCOC(=O)c1ccccc1C(=O)[O-].[K+].[K+]. The van der Waals surface area contributed by atoms with E-state index < -0.39 is 23.9 Å². The van der Waals surface area contributed by atoms with Crippen molar-refractivity contribution in [3.8, 4) is 0 Å². The molecule has 0 aliphatic carbocycles. The summed E-state index contributed by atoms with van der Waals surface area (Å²) >= 11 is 0. The third kappa shape index (κ3) is 15.6. The van der Waals surface area contributed by atoms with Crippen molar-refractivity contribution in [3.63, 3.8) is 0 Å². The number of hydrogen-bond donors (Lipinski definition) is 0. The van der Waals surface area contributed by atoms with Crippen LogP contribution in [0, 0.1) is 0 Å². The van der Waals surface area contributed by atoms with E-state index in [1.54, 1.807) is 0 Å². The van der Waals surface area contributed by atoms with Gasteiger partial charge in [-0.1, -0.05) is 36.4 Å². The summed E-state index contributed by atoms with van der Waals surface area (Å²) in [5, 5.41) is 22.0. The molecule has 40 heavy (non-hydrogen) atoms. The summed E-state index contributed by atoms with van der Waals surface area (Å²) in [6.07, 6.45) is 0. The van der Waals surface area contributed by atoms with E-state index in [4.69, 9.17) is 28.4 Å². The van der Waals surface area contributed by atoms with Crippen molar-refractivity contribution in [1.29, 1.82) is 0 Å². The van der Waals surface area contributed by atoms with Gasteiger partial charge in [-0.15, -0.1) is 0 Å². The molecule has 0 radical (unpaired) electrons. The number of carbonyl (C=O) groups excluding carboxylic acids is 4. The third-order valence-electron chi connectivity index (χ3n) is 4.77. The van der Waals surface area contributed by atoms with Crippen LogP contribution in [0.2, 0.25) is 0 Å². The Balaban J connectivity index is 0.00000760. The molecule has 0 aliphatic rings. The van der Waals surface area contributed by atoms with Crippen LogP contribution in [0.5, 0.6) is 0 Å². The molecule has 0 amide bonds. The number of aromatic carboxylic acids is 2. The summed E-state index contributed by atoms with van der Waals surface area (Å²) in [4.78, 5) is 46.0. The molecular formula is C26H28K2O12. The zero-order valence-corrected chi connectivity index (χ0v) is 28.8. The van der Waals surface area contributed by atoms with E-state index in [1.165, 1.54) is 48.5 Å². The summed E-state index contributed by atoms with van der Waals surface area (Å²) in [7, 11) is 0. The summed E-state index contributed by atoms with van der Waals surface area (Å²) in [5.74, 6) is -4.46. The number of esters is 2. The van der Waals surface area contributed by atoms with E-state index in [0.29, 0.717) is 26.4 Å². The summed E-state index contributed by atoms with van der Waals surface area (Å²) in [5.41, 5.74) is -0.634. The molecule has 0 aliphatic heterocycles. The maximum Gasteiger partial charge on any atom is 1.00 e. The van der Waals surface area contributed by atoms with Gasteiger partial charge in [0.1, 0.15) is 13.2 Å². The predicted molar refractivity (Wildman–Crippen MR) is 125 cm³/mol. The van der Waals surface area contributed by atoms with Crippen molar-refractivity contribution in [2.75, 3.05) is 66.1 Å². The molecule has 2 aromatic rings. The van der Waals surface area contributed by atoms with Crippen LogP contribution in [0.1, 0.15) is 41.4 Å². The van der Waals surface area contributed by atoms with Gasteiger partial charge in [0.15, 0.2) is 0 Å². The number of carboxylic acid groups (broad SMARTS) is 2. The second-order valence-corrected chi connectivity index (χ2v) is 7.39. The molecule has 0 atom stereocenters. The Morgan fingerprint density at radius 3 is 0.975 bits per heavy atom. The smallest absolute Gasteiger partial charge is 0.545 e. The second-order valence-electron chi connectivity index (χ2n) is 7.39. The minimum absolute atomic E-state index is 0. The van der Waals surface area contributed by atoms with Crippen LogP contribution >= 0.6 is 0 Å². The van der Waals surface area contributed by atoms with Gasteiger partial charge < -0.3 is 48.2 Å². The molecule has 0 saturated carbocycles. The maximum atomic E-state index is 12.0. The maximum absolute atomic E-state index is 12.0. The summed E-state index contributed by atoms with van der Waals surface area (Å²) in [6, 6.07) is 11.2. The quantitative estimate of drug-likeness (QED) is 0.0839. The molecule has 14 heteroatoms. The molecule has 206 valence electrons. The van der Waals surface area contributed by atoms with Crippen molar-refractivity contribution in [1.82, 2.24) is 0 Å². The molecule has 12 nitrogen and oxygen atoms in total. The van der Waals surface area contributed by atoms with Crippen LogP contribution < -0.4 is 113 Å². The minimum Gasteiger partial charge on any atom is -0.545 e. The topological polar surface area (TPSA) is 170 Å². The Labute approximate surface area is 316 Å². The first-order valence-corrected chi connectivity index (χ1v) is 11.7. The average molecular weight is 611 g/mol. The van der Waals surface area contributed by atoms with Crippen molar-refractivity contribution in [3.05, 3.63) is 70.8 Å². The van der Waals surface area contributed by atoms with Crippen molar-refractivity contribution >= 4 is 23.9 Å². The molecule has 0 spiro atoms. The molecule has 0 heterocycles. The van der Waals surface area contributed by atoms with Crippen molar-refractivity contribution in [2.45, 2.75) is 0 Å². The number of benzene rings is 2. The monoisotopic (exact) mass is 610 g/mol. The number of rotatable bonds is 19. The Morgan fingerprint density at radius 2 is 0.700 bits per heavy atom. The molecule has 0 N–H and O–H groups in total. The Kier molecular flexibility index (Phi) is 23.6. The summed E-state index contributed by atoms with van der Waals surface area (Å²) in [6.45, 7) is 1.93. The second kappa shape index (κ2) is 23.9. The third-order valence-corrected chi connectivity index (χ3v) is 4.77. The molecule has 0 saturated heterocycles. The normalized spacial score (nSPS) is 10.1. The Hall–Kier alpha value is -0.567. The number of ether oxygens (including phenoxy) is 6. The van der Waals surface area contributed by atoms with E-state index in [1.807, 2.05) is 0 Å². The van der Waals surface area contributed by atoms with Gasteiger partial charge in [-0.2, -0.15) is 0 Å². The first kappa shape index (κ1) is 39.4. The molecule has 0 bridgehead atoms. The van der Waals surface area contributed by atoms with Gasteiger partial charge >= 0.3 is 115 Å². The average Bonchev–Trinajstić information content (AvgIpc) is 2.92. The first-order chi connectivity index (χ1) is 18.4. The fourth-order valence-electron chi connectivity index (χ4n) is 2.98. The fourth-order valence-corrected chi connectivity index (χ4v) is 2.98. The van der Waals surface area contributed by atoms with Crippen LogP contribution in [0.3, 0.4) is 0 Å². The zero-order chi connectivity index (χ0) is 27.6. The summed E-state index contributed by atoms with van der Waals surface area (Å²) < 4.78 is 31.2.